The number of carbonyl (C=O) groups is 1. The largest absolute Gasteiger partial charge is 0.493 e. The van der Waals surface area contributed by atoms with E-state index in [1.54, 1.807) is 35.3 Å². The zero-order chi connectivity index (χ0) is 16.5. The normalized spacial score (nSPS) is 10.3. The summed E-state index contributed by atoms with van der Waals surface area (Å²) in [5.74, 6) is 0.842. The molecule has 5 heteroatoms. The number of ether oxygens (including phenoxy) is 2. The van der Waals surface area contributed by atoms with Crippen LogP contribution in [-0.4, -0.2) is 38.1 Å². The van der Waals surface area contributed by atoms with Crippen LogP contribution in [0, 0.1) is 0 Å². The van der Waals surface area contributed by atoms with Crippen molar-refractivity contribution < 1.29 is 14.3 Å². The van der Waals surface area contributed by atoms with E-state index in [-0.39, 0.29) is 5.91 Å². The fourth-order valence-corrected chi connectivity index (χ4v) is 2.17. The summed E-state index contributed by atoms with van der Waals surface area (Å²) < 4.78 is 10.4. The number of nitrogens with zero attached hydrogens (tertiary/aromatic N) is 1. The highest BCUT2D eigenvalue weighted by Gasteiger charge is 2.11. The van der Waals surface area contributed by atoms with Gasteiger partial charge in [-0.15, -0.1) is 13.2 Å². The van der Waals surface area contributed by atoms with Crippen molar-refractivity contribution in [1.29, 1.82) is 0 Å². The Morgan fingerprint density at radius 2 is 1.86 bits per heavy atom. The molecule has 0 aliphatic carbocycles. The van der Waals surface area contributed by atoms with Crippen LogP contribution in [-0.2, 0) is 4.79 Å². The minimum absolute atomic E-state index is 0.134. The molecule has 0 unspecified atom stereocenters. The predicted octanol–water partition coefficient (Wildman–Crippen LogP) is 3.57. The van der Waals surface area contributed by atoms with Gasteiger partial charge in [0.15, 0.2) is 11.5 Å². The molecule has 0 aliphatic heterocycles. The van der Waals surface area contributed by atoms with Crippen LogP contribution in [0.3, 0.4) is 0 Å². The third-order valence-corrected chi connectivity index (χ3v) is 3.17. The molecule has 0 aliphatic rings. The summed E-state index contributed by atoms with van der Waals surface area (Å²) >= 11 is 6.13. The Morgan fingerprint density at radius 3 is 2.36 bits per heavy atom. The first-order valence-corrected chi connectivity index (χ1v) is 7.05. The number of halogens is 1. The van der Waals surface area contributed by atoms with E-state index < -0.39 is 0 Å². The molecule has 0 aromatic heterocycles. The predicted molar refractivity (Wildman–Crippen MR) is 90.6 cm³/mol. The lowest BCUT2D eigenvalue weighted by Crippen LogP contribution is -2.29. The van der Waals surface area contributed by atoms with Gasteiger partial charge < -0.3 is 14.4 Å². The van der Waals surface area contributed by atoms with Crippen molar-refractivity contribution >= 4 is 23.6 Å². The highest BCUT2D eigenvalue weighted by molar-refractivity contribution is 6.32. The number of hydrogen-bond donors (Lipinski definition) is 0. The van der Waals surface area contributed by atoms with Gasteiger partial charge >= 0.3 is 0 Å². The lowest BCUT2D eigenvalue weighted by Gasteiger charge is -2.16. The molecule has 0 heterocycles. The summed E-state index contributed by atoms with van der Waals surface area (Å²) in [5, 5.41) is 0.419. The Balaban J connectivity index is 2.98. The average Bonchev–Trinajstić information content (AvgIpc) is 2.51. The van der Waals surface area contributed by atoms with E-state index >= 15 is 0 Å². The molecule has 1 amide bonds. The first-order valence-electron chi connectivity index (χ1n) is 6.67. The van der Waals surface area contributed by atoms with Crippen LogP contribution in [0.15, 0.2) is 43.5 Å². The van der Waals surface area contributed by atoms with Crippen molar-refractivity contribution in [1.82, 2.24) is 4.90 Å². The van der Waals surface area contributed by atoms with Gasteiger partial charge in [-0.25, -0.2) is 0 Å². The fourth-order valence-electron chi connectivity index (χ4n) is 1.87. The molecule has 118 valence electrons. The van der Waals surface area contributed by atoms with Crippen LogP contribution in [0.2, 0.25) is 5.02 Å². The standard InChI is InChI=1S/C17H20ClNO3/c1-5-9-19(10-6-2)16(20)8-7-13-11-14(18)17(22-4)15(12-13)21-3/h5-8,11-12H,1-2,9-10H2,3-4H3. The van der Waals surface area contributed by atoms with Crippen molar-refractivity contribution in [3.05, 3.63) is 54.1 Å². The van der Waals surface area contributed by atoms with Gasteiger partial charge in [0.05, 0.1) is 19.2 Å². The maximum absolute atomic E-state index is 12.1. The van der Waals surface area contributed by atoms with Crippen LogP contribution in [0.1, 0.15) is 5.56 Å². The molecule has 4 nitrogen and oxygen atoms in total. The topological polar surface area (TPSA) is 38.8 Å². The van der Waals surface area contributed by atoms with E-state index in [1.807, 2.05) is 0 Å². The first kappa shape index (κ1) is 17.9. The highest BCUT2D eigenvalue weighted by atomic mass is 35.5. The molecule has 1 rings (SSSR count). The quantitative estimate of drug-likeness (QED) is 0.543. The molecule has 0 spiro atoms. The van der Waals surface area contributed by atoms with E-state index in [0.29, 0.717) is 29.6 Å². The second kappa shape index (κ2) is 8.95. The fraction of sp³-hybridized carbons (Fsp3) is 0.235. The zero-order valence-corrected chi connectivity index (χ0v) is 13.6. The monoisotopic (exact) mass is 321 g/mol. The summed E-state index contributed by atoms with van der Waals surface area (Å²) in [6.07, 6.45) is 6.49. The Morgan fingerprint density at radius 1 is 1.23 bits per heavy atom. The van der Waals surface area contributed by atoms with Gasteiger partial charge in [0.25, 0.3) is 0 Å². The molecule has 0 N–H and O–H groups in total. The third kappa shape index (κ3) is 4.67. The zero-order valence-electron chi connectivity index (χ0n) is 12.8. The Kier molecular flexibility index (Phi) is 7.26. The molecule has 0 saturated heterocycles. The molecule has 0 radical (unpaired) electrons. The van der Waals surface area contributed by atoms with E-state index in [9.17, 15) is 4.79 Å². The number of methoxy groups -OCH3 is 2. The molecular weight excluding hydrogens is 302 g/mol. The third-order valence-electron chi connectivity index (χ3n) is 2.88. The van der Waals surface area contributed by atoms with Crippen molar-refractivity contribution in [2.45, 2.75) is 0 Å². The maximum Gasteiger partial charge on any atom is 0.247 e. The minimum Gasteiger partial charge on any atom is -0.493 e. The van der Waals surface area contributed by atoms with E-state index in [4.69, 9.17) is 21.1 Å². The molecule has 0 fully saturated rings. The van der Waals surface area contributed by atoms with Gasteiger partial charge in [-0.05, 0) is 23.8 Å². The van der Waals surface area contributed by atoms with Gasteiger partial charge in [0.2, 0.25) is 5.91 Å². The van der Waals surface area contributed by atoms with E-state index in [1.165, 1.54) is 20.3 Å². The van der Waals surface area contributed by atoms with Gasteiger partial charge in [0, 0.05) is 19.2 Å². The Labute approximate surface area is 136 Å². The van der Waals surface area contributed by atoms with E-state index in [0.717, 1.165) is 5.56 Å². The lowest BCUT2D eigenvalue weighted by atomic mass is 10.2. The van der Waals surface area contributed by atoms with E-state index in [2.05, 4.69) is 13.2 Å². The number of benzene rings is 1. The van der Waals surface area contributed by atoms with Crippen LogP contribution < -0.4 is 9.47 Å². The number of amides is 1. The van der Waals surface area contributed by atoms with Gasteiger partial charge in [-0.2, -0.15) is 0 Å². The van der Waals surface area contributed by atoms with Crippen LogP contribution in [0.25, 0.3) is 6.08 Å². The lowest BCUT2D eigenvalue weighted by molar-refractivity contribution is -0.124. The van der Waals surface area contributed by atoms with Crippen LogP contribution in [0.4, 0.5) is 0 Å². The second-order valence-corrected chi connectivity index (χ2v) is 4.80. The molecule has 0 saturated carbocycles. The molecule has 22 heavy (non-hydrogen) atoms. The van der Waals surface area contributed by atoms with Crippen molar-refractivity contribution in [3.8, 4) is 11.5 Å². The van der Waals surface area contributed by atoms with Crippen molar-refractivity contribution in [2.24, 2.45) is 0 Å². The molecule has 0 atom stereocenters. The number of hydrogen-bond acceptors (Lipinski definition) is 3. The summed E-state index contributed by atoms with van der Waals surface area (Å²) in [5.41, 5.74) is 0.744. The van der Waals surface area contributed by atoms with Crippen molar-refractivity contribution in [2.75, 3.05) is 27.3 Å². The average molecular weight is 322 g/mol. The summed E-state index contributed by atoms with van der Waals surface area (Å²) in [4.78, 5) is 13.7. The minimum atomic E-state index is -0.134. The van der Waals surface area contributed by atoms with Gasteiger partial charge in [-0.3, -0.25) is 4.79 Å². The molecule has 1 aromatic rings. The Hall–Kier alpha value is -2.20. The smallest absolute Gasteiger partial charge is 0.247 e. The van der Waals surface area contributed by atoms with Crippen LogP contribution >= 0.6 is 11.6 Å². The molecular formula is C17H20ClNO3. The van der Waals surface area contributed by atoms with Crippen LogP contribution in [0.5, 0.6) is 11.5 Å². The summed E-state index contributed by atoms with van der Waals surface area (Å²) in [6.45, 7) is 8.19. The van der Waals surface area contributed by atoms with Gasteiger partial charge in [0.1, 0.15) is 0 Å². The number of carbonyl (C=O) groups excluding carboxylic acids is 1. The second-order valence-electron chi connectivity index (χ2n) is 4.39. The summed E-state index contributed by atoms with van der Waals surface area (Å²) in [7, 11) is 3.05. The Bertz CT molecular complexity index is 572. The first-order chi connectivity index (χ1) is 10.6. The number of rotatable bonds is 8. The molecule has 0 bridgehead atoms. The molecule has 1 aromatic carbocycles. The SMILES string of the molecule is C=CCN(CC=C)C(=O)C=Cc1cc(Cl)c(OC)c(OC)c1. The van der Waals surface area contributed by atoms with Gasteiger partial charge in [-0.1, -0.05) is 23.8 Å². The van der Waals surface area contributed by atoms with Crippen molar-refractivity contribution in [3.63, 3.8) is 0 Å². The maximum atomic E-state index is 12.1. The highest BCUT2D eigenvalue weighted by Crippen LogP contribution is 2.36. The summed E-state index contributed by atoms with van der Waals surface area (Å²) in [6, 6.07) is 3.46.